The molecule has 0 atom stereocenters. The molecule has 0 radical (unpaired) electrons. The number of aromatic nitrogens is 4. The van der Waals surface area contributed by atoms with E-state index in [2.05, 4.69) is 19.9 Å². The lowest BCUT2D eigenvalue weighted by molar-refractivity contribution is 0.338. The number of benzene rings is 1. The molecule has 3 aromatic rings. The normalized spacial score (nSPS) is 10.8. The van der Waals surface area contributed by atoms with Crippen LogP contribution in [0.4, 0.5) is 4.39 Å². The summed E-state index contributed by atoms with van der Waals surface area (Å²) in [7, 11) is 0. The fourth-order valence-corrected chi connectivity index (χ4v) is 1.85. The van der Waals surface area contributed by atoms with Crippen LogP contribution in [0, 0.1) is 5.82 Å². The molecule has 96 valence electrons. The Morgan fingerprint density at radius 1 is 1.32 bits per heavy atom. The Morgan fingerprint density at radius 2 is 2.21 bits per heavy atom. The number of nitrogens with one attached hydrogen (secondary N) is 1. The van der Waals surface area contributed by atoms with Crippen LogP contribution in [0.2, 0.25) is 0 Å². The summed E-state index contributed by atoms with van der Waals surface area (Å²) in [5.41, 5.74) is 1.87. The summed E-state index contributed by atoms with van der Waals surface area (Å²) in [6, 6.07) is 4.47. The van der Waals surface area contributed by atoms with E-state index in [9.17, 15) is 4.39 Å². The van der Waals surface area contributed by atoms with Crippen LogP contribution >= 0.6 is 0 Å². The van der Waals surface area contributed by atoms with Crippen molar-refractivity contribution in [3.05, 3.63) is 36.5 Å². The minimum Gasteiger partial charge on any atom is -0.494 e. The molecule has 0 fully saturated rings. The van der Waals surface area contributed by atoms with Crippen molar-refractivity contribution < 1.29 is 9.13 Å². The molecule has 5 nitrogen and oxygen atoms in total. The lowest BCUT2D eigenvalue weighted by Gasteiger charge is -2.05. The first-order chi connectivity index (χ1) is 9.26. The van der Waals surface area contributed by atoms with Crippen molar-refractivity contribution in [3.8, 4) is 17.1 Å². The number of hydrogen-bond acceptors (Lipinski definition) is 4. The second-order valence-electron chi connectivity index (χ2n) is 3.95. The smallest absolute Gasteiger partial charge is 0.181 e. The molecule has 0 spiro atoms. The predicted octanol–water partition coefficient (Wildman–Crippen LogP) is 2.56. The Labute approximate surface area is 108 Å². The van der Waals surface area contributed by atoms with Gasteiger partial charge in [-0.2, -0.15) is 0 Å². The van der Waals surface area contributed by atoms with E-state index in [0.29, 0.717) is 34.9 Å². The molecule has 0 bridgehead atoms. The van der Waals surface area contributed by atoms with Gasteiger partial charge in [0.05, 0.1) is 12.8 Å². The molecule has 0 unspecified atom stereocenters. The maximum atomic E-state index is 13.5. The molecular weight excluding hydrogens is 247 g/mol. The number of hydrogen-bond donors (Lipinski definition) is 1. The molecule has 2 aromatic heterocycles. The fraction of sp³-hybridized carbons (Fsp3) is 0.154. The number of imidazole rings is 1. The minimum atomic E-state index is -0.368. The maximum absolute atomic E-state index is 13.5. The molecule has 0 aliphatic carbocycles. The molecule has 1 aromatic carbocycles. The van der Waals surface area contributed by atoms with Gasteiger partial charge in [-0.15, -0.1) is 0 Å². The zero-order chi connectivity index (χ0) is 13.2. The molecule has 0 saturated carbocycles. The molecule has 1 N–H and O–H groups in total. The van der Waals surface area contributed by atoms with Crippen LogP contribution in [0.15, 0.2) is 30.7 Å². The molecule has 0 aliphatic heterocycles. The summed E-state index contributed by atoms with van der Waals surface area (Å²) in [6.07, 6.45) is 3.05. The van der Waals surface area contributed by atoms with Gasteiger partial charge in [0, 0.05) is 11.6 Å². The summed E-state index contributed by atoms with van der Waals surface area (Å²) in [6.45, 7) is 2.33. The fourth-order valence-electron chi connectivity index (χ4n) is 1.85. The second kappa shape index (κ2) is 4.64. The van der Waals surface area contributed by atoms with Crippen LogP contribution in [0.3, 0.4) is 0 Å². The van der Waals surface area contributed by atoms with Gasteiger partial charge in [0.1, 0.15) is 29.2 Å². The van der Waals surface area contributed by atoms with Gasteiger partial charge in [0.15, 0.2) is 5.65 Å². The number of ether oxygens (including phenoxy) is 1. The predicted molar refractivity (Wildman–Crippen MR) is 68.2 cm³/mol. The first kappa shape index (κ1) is 11.6. The molecule has 0 saturated heterocycles. The summed E-state index contributed by atoms with van der Waals surface area (Å²) in [5, 5.41) is 0. The van der Waals surface area contributed by atoms with Gasteiger partial charge in [-0.1, -0.05) is 0 Å². The Kier molecular flexibility index (Phi) is 2.83. The Hall–Kier alpha value is -2.50. The number of fused-ring (bicyclic) bond motifs is 1. The van der Waals surface area contributed by atoms with Crippen molar-refractivity contribution in [1.82, 2.24) is 19.9 Å². The van der Waals surface area contributed by atoms with Crippen LogP contribution in [0.5, 0.6) is 5.75 Å². The highest BCUT2D eigenvalue weighted by atomic mass is 19.1. The van der Waals surface area contributed by atoms with Crippen molar-refractivity contribution in [1.29, 1.82) is 0 Å². The van der Waals surface area contributed by atoms with Crippen LogP contribution in [0.1, 0.15) is 6.92 Å². The highest BCUT2D eigenvalue weighted by Crippen LogP contribution is 2.24. The minimum absolute atomic E-state index is 0.368. The lowest BCUT2D eigenvalue weighted by atomic mass is 10.2. The van der Waals surface area contributed by atoms with Gasteiger partial charge in [0.25, 0.3) is 0 Å². The van der Waals surface area contributed by atoms with E-state index in [1.807, 2.05) is 6.92 Å². The molecule has 6 heteroatoms. The Bertz CT molecular complexity index is 692. The van der Waals surface area contributed by atoms with Gasteiger partial charge >= 0.3 is 0 Å². The van der Waals surface area contributed by atoms with Crippen LogP contribution in [-0.4, -0.2) is 26.5 Å². The van der Waals surface area contributed by atoms with Gasteiger partial charge in [0.2, 0.25) is 0 Å². The molecule has 2 heterocycles. The van der Waals surface area contributed by atoms with Gasteiger partial charge < -0.3 is 9.72 Å². The monoisotopic (exact) mass is 258 g/mol. The molecule has 19 heavy (non-hydrogen) atoms. The topological polar surface area (TPSA) is 63.7 Å². The number of halogens is 1. The van der Waals surface area contributed by atoms with Crippen molar-refractivity contribution in [2.75, 3.05) is 6.61 Å². The second-order valence-corrected chi connectivity index (χ2v) is 3.95. The number of H-pyrrole nitrogens is 1. The third kappa shape index (κ3) is 2.24. The van der Waals surface area contributed by atoms with E-state index in [1.165, 1.54) is 18.5 Å². The third-order valence-corrected chi connectivity index (χ3v) is 2.62. The average Bonchev–Trinajstić information content (AvgIpc) is 2.82. The van der Waals surface area contributed by atoms with Gasteiger partial charge in [-0.05, 0) is 19.1 Å². The van der Waals surface area contributed by atoms with Crippen molar-refractivity contribution in [2.45, 2.75) is 6.92 Å². The standard InChI is InChI=1S/C13H11FN4O/c1-2-19-10-4-8(3-9(14)5-10)12-17-11-6-15-7-16-13(11)18-12/h3-7H,2H2,1H3,(H,15,16,17,18). The van der Waals surface area contributed by atoms with E-state index < -0.39 is 0 Å². The van der Waals surface area contributed by atoms with Gasteiger partial charge in [-0.3, -0.25) is 0 Å². The quantitative estimate of drug-likeness (QED) is 0.784. The SMILES string of the molecule is CCOc1cc(F)cc(-c2nc3ncncc3[nH]2)c1. The number of aromatic amines is 1. The molecular formula is C13H11FN4O. The third-order valence-electron chi connectivity index (χ3n) is 2.62. The molecule has 0 aliphatic rings. The molecule has 0 amide bonds. The summed E-state index contributed by atoms with van der Waals surface area (Å²) < 4.78 is 18.9. The maximum Gasteiger partial charge on any atom is 0.181 e. The first-order valence-electron chi connectivity index (χ1n) is 5.86. The van der Waals surface area contributed by atoms with Crippen molar-refractivity contribution in [3.63, 3.8) is 0 Å². The van der Waals surface area contributed by atoms with E-state index in [4.69, 9.17) is 4.74 Å². The van der Waals surface area contributed by atoms with Crippen molar-refractivity contribution >= 4 is 11.2 Å². The average molecular weight is 258 g/mol. The lowest BCUT2D eigenvalue weighted by Crippen LogP contribution is -1.93. The number of nitrogens with zero attached hydrogens (tertiary/aromatic N) is 3. The zero-order valence-electron chi connectivity index (χ0n) is 10.2. The molecule has 3 rings (SSSR count). The van der Waals surface area contributed by atoms with E-state index in [1.54, 1.807) is 12.3 Å². The van der Waals surface area contributed by atoms with Crippen LogP contribution in [-0.2, 0) is 0 Å². The van der Waals surface area contributed by atoms with Crippen LogP contribution in [0.25, 0.3) is 22.6 Å². The number of rotatable bonds is 3. The largest absolute Gasteiger partial charge is 0.494 e. The summed E-state index contributed by atoms with van der Waals surface area (Å²) >= 11 is 0. The highest BCUT2D eigenvalue weighted by molar-refractivity contribution is 5.75. The van der Waals surface area contributed by atoms with Crippen LogP contribution < -0.4 is 4.74 Å². The van der Waals surface area contributed by atoms with Gasteiger partial charge in [-0.25, -0.2) is 19.3 Å². The zero-order valence-corrected chi connectivity index (χ0v) is 10.2. The summed E-state index contributed by atoms with van der Waals surface area (Å²) in [4.78, 5) is 15.3. The van der Waals surface area contributed by atoms with Crippen molar-refractivity contribution in [2.24, 2.45) is 0 Å². The Morgan fingerprint density at radius 3 is 3.00 bits per heavy atom. The Balaban J connectivity index is 2.09. The summed E-state index contributed by atoms with van der Waals surface area (Å²) in [5.74, 6) is 0.646. The first-order valence-corrected chi connectivity index (χ1v) is 5.86. The van der Waals surface area contributed by atoms with E-state index in [0.717, 1.165) is 0 Å². The van der Waals surface area contributed by atoms with E-state index in [-0.39, 0.29) is 5.82 Å². The highest BCUT2D eigenvalue weighted by Gasteiger charge is 2.09. The van der Waals surface area contributed by atoms with E-state index >= 15 is 0 Å².